The molecule has 1 unspecified atom stereocenters. The van der Waals surface area contributed by atoms with Crippen molar-refractivity contribution in [3.05, 3.63) is 48.3 Å². The number of nitrogens with one attached hydrogen (secondary N) is 1. The smallest absolute Gasteiger partial charge is 0.243 e. The van der Waals surface area contributed by atoms with Crippen LogP contribution in [0.15, 0.2) is 47.6 Å². The molecule has 1 fully saturated rings. The molecule has 3 heterocycles. The Balaban J connectivity index is 1.68. The summed E-state index contributed by atoms with van der Waals surface area (Å²) in [4.78, 5) is 29.3. The maximum Gasteiger partial charge on any atom is 0.243 e. The Morgan fingerprint density at radius 3 is 2.87 bits per heavy atom. The first-order valence-electron chi connectivity index (χ1n) is 10.1. The van der Waals surface area contributed by atoms with Gasteiger partial charge in [-0.05, 0) is 36.2 Å². The van der Waals surface area contributed by atoms with Crippen molar-refractivity contribution in [2.24, 2.45) is 0 Å². The quantitative estimate of drug-likeness (QED) is 0.719. The van der Waals surface area contributed by atoms with Crippen molar-refractivity contribution in [1.82, 2.24) is 14.6 Å². The third kappa shape index (κ3) is 4.54. The Labute approximate surface area is 181 Å². The van der Waals surface area contributed by atoms with Gasteiger partial charge in [0.25, 0.3) is 0 Å². The number of hydrogen-bond acceptors (Lipinski definition) is 6. The topological polar surface area (TPSA) is 109 Å². The molecule has 1 aromatic carbocycles. The minimum absolute atomic E-state index is 0.0659. The van der Waals surface area contributed by atoms with E-state index in [2.05, 4.69) is 10.3 Å². The summed E-state index contributed by atoms with van der Waals surface area (Å²) in [5.41, 5.74) is 1.18. The lowest BCUT2D eigenvalue weighted by atomic mass is 10.2. The summed E-state index contributed by atoms with van der Waals surface area (Å²) < 4.78 is 34.2. The monoisotopic (exact) mass is 444 g/mol. The van der Waals surface area contributed by atoms with Gasteiger partial charge < -0.3 is 15.0 Å². The Morgan fingerprint density at radius 2 is 2.19 bits per heavy atom. The van der Waals surface area contributed by atoms with Crippen LogP contribution in [0.5, 0.6) is 5.75 Å². The van der Waals surface area contributed by atoms with Gasteiger partial charge in [0.15, 0.2) is 0 Å². The minimum Gasteiger partial charge on any atom is -0.490 e. The summed E-state index contributed by atoms with van der Waals surface area (Å²) >= 11 is 0. The summed E-state index contributed by atoms with van der Waals surface area (Å²) in [5, 5.41) is 2.83. The molecule has 2 aliphatic rings. The van der Waals surface area contributed by atoms with E-state index in [0.717, 1.165) is 5.56 Å². The average molecular weight is 445 g/mol. The van der Waals surface area contributed by atoms with E-state index in [4.69, 9.17) is 4.74 Å². The molecule has 4 rings (SSSR count). The number of benzene rings is 1. The molecule has 2 aliphatic heterocycles. The standard InChI is InChI=1S/C21H24N4O5S/c1-15(26)25-9-10-30-20-6-5-18(11-19(20)25)31(28,29)24(13-16-3-2-8-22-12-16)14-17-4-7-21(27)23-17/h2-3,5-6,8,11-12,17H,4,7,9-10,13-14H2,1H3,(H,23,27). The third-order valence-corrected chi connectivity index (χ3v) is 7.21. The van der Waals surface area contributed by atoms with Crippen LogP contribution in [-0.2, 0) is 26.2 Å². The highest BCUT2D eigenvalue weighted by atomic mass is 32.2. The summed E-state index contributed by atoms with van der Waals surface area (Å²) in [5.74, 6) is 0.217. The van der Waals surface area contributed by atoms with Crippen molar-refractivity contribution in [2.75, 3.05) is 24.6 Å². The van der Waals surface area contributed by atoms with Gasteiger partial charge in [-0.15, -0.1) is 0 Å². The van der Waals surface area contributed by atoms with Crippen molar-refractivity contribution < 1.29 is 22.7 Å². The van der Waals surface area contributed by atoms with Crippen LogP contribution in [0.2, 0.25) is 0 Å². The first kappa shape index (κ1) is 21.3. The predicted octanol–water partition coefficient (Wildman–Crippen LogP) is 1.30. The van der Waals surface area contributed by atoms with E-state index in [1.54, 1.807) is 30.6 Å². The van der Waals surface area contributed by atoms with E-state index in [1.807, 2.05) is 0 Å². The lowest BCUT2D eigenvalue weighted by Crippen LogP contribution is -2.41. The SMILES string of the molecule is CC(=O)N1CCOc2ccc(S(=O)(=O)N(Cc3cccnc3)CC3CCC(=O)N3)cc21. The first-order chi connectivity index (χ1) is 14.8. The van der Waals surface area contributed by atoms with Gasteiger partial charge in [-0.2, -0.15) is 4.31 Å². The molecule has 0 bridgehead atoms. The van der Waals surface area contributed by atoms with Crippen molar-refractivity contribution in [2.45, 2.75) is 37.2 Å². The second kappa shape index (κ2) is 8.64. The molecule has 2 amide bonds. The van der Waals surface area contributed by atoms with Crippen LogP contribution in [0.4, 0.5) is 5.69 Å². The van der Waals surface area contributed by atoms with Gasteiger partial charge in [-0.3, -0.25) is 14.6 Å². The summed E-state index contributed by atoms with van der Waals surface area (Å²) in [6.07, 6.45) is 4.20. The molecule has 0 radical (unpaired) electrons. The highest BCUT2D eigenvalue weighted by molar-refractivity contribution is 7.89. The summed E-state index contributed by atoms with van der Waals surface area (Å²) in [7, 11) is -3.93. The second-order valence-electron chi connectivity index (χ2n) is 7.61. The van der Waals surface area contributed by atoms with E-state index < -0.39 is 10.0 Å². The molecule has 1 atom stereocenters. The maximum absolute atomic E-state index is 13.6. The van der Waals surface area contributed by atoms with Gasteiger partial charge in [0.2, 0.25) is 21.8 Å². The number of carbonyl (C=O) groups is 2. The molecular formula is C21H24N4O5S. The number of nitrogens with zero attached hydrogens (tertiary/aromatic N) is 3. The van der Waals surface area contributed by atoms with Crippen LogP contribution in [0.1, 0.15) is 25.3 Å². The molecule has 1 saturated heterocycles. The number of rotatable bonds is 6. The fourth-order valence-electron chi connectivity index (χ4n) is 3.84. The molecule has 0 aliphatic carbocycles. The van der Waals surface area contributed by atoms with Crippen LogP contribution < -0.4 is 15.0 Å². The van der Waals surface area contributed by atoms with Crippen LogP contribution in [0, 0.1) is 0 Å². The highest BCUT2D eigenvalue weighted by Gasteiger charge is 2.32. The van der Waals surface area contributed by atoms with Gasteiger partial charge >= 0.3 is 0 Å². The second-order valence-corrected chi connectivity index (χ2v) is 9.55. The average Bonchev–Trinajstić information content (AvgIpc) is 3.17. The Kier molecular flexibility index (Phi) is 5.92. The predicted molar refractivity (Wildman–Crippen MR) is 113 cm³/mol. The molecule has 0 saturated carbocycles. The number of pyridine rings is 1. The van der Waals surface area contributed by atoms with E-state index in [0.29, 0.717) is 37.4 Å². The first-order valence-corrected chi connectivity index (χ1v) is 11.5. The lowest BCUT2D eigenvalue weighted by Gasteiger charge is -2.30. The molecule has 1 N–H and O–H groups in total. The zero-order chi connectivity index (χ0) is 22.0. The van der Waals surface area contributed by atoms with Crippen LogP contribution in [0.3, 0.4) is 0 Å². The minimum atomic E-state index is -3.93. The van der Waals surface area contributed by atoms with E-state index >= 15 is 0 Å². The number of sulfonamides is 1. The Bertz CT molecular complexity index is 1090. The van der Waals surface area contributed by atoms with Crippen molar-refractivity contribution in [1.29, 1.82) is 0 Å². The maximum atomic E-state index is 13.6. The normalized spacial score (nSPS) is 18.5. The number of ether oxygens (including phenoxy) is 1. The zero-order valence-corrected chi connectivity index (χ0v) is 18.0. The van der Waals surface area contributed by atoms with Gasteiger partial charge in [-0.1, -0.05) is 6.07 Å². The number of fused-ring (bicyclic) bond motifs is 1. The van der Waals surface area contributed by atoms with Crippen LogP contribution in [-0.4, -0.2) is 55.3 Å². The largest absolute Gasteiger partial charge is 0.490 e. The van der Waals surface area contributed by atoms with Crippen molar-refractivity contribution in [3.8, 4) is 5.75 Å². The number of hydrogen-bond donors (Lipinski definition) is 1. The third-order valence-electron chi connectivity index (χ3n) is 5.40. The van der Waals surface area contributed by atoms with Crippen molar-refractivity contribution in [3.63, 3.8) is 0 Å². The Hall–Kier alpha value is -2.98. The number of aromatic nitrogens is 1. The molecule has 31 heavy (non-hydrogen) atoms. The number of amides is 2. The van der Waals surface area contributed by atoms with Gasteiger partial charge in [0, 0.05) is 44.9 Å². The Morgan fingerprint density at radius 1 is 1.35 bits per heavy atom. The highest BCUT2D eigenvalue weighted by Crippen LogP contribution is 2.35. The van der Waals surface area contributed by atoms with E-state index in [9.17, 15) is 18.0 Å². The molecule has 0 spiro atoms. The lowest BCUT2D eigenvalue weighted by molar-refractivity contribution is -0.119. The molecule has 9 nitrogen and oxygen atoms in total. The van der Waals surface area contributed by atoms with E-state index in [1.165, 1.54) is 28.3 Å². The van der Waals surface area contributed by atoms with Gasteiger partial charge in [-0.25, -0.2) is 8.42 Å². The summed E-state index contributed by atoms with van der Waals surface area (Å²) in [6, 6.07) is 7.85. The molecule has 2 aromatic rings. The number of anilines is 1. The van der Waals surface area contributed by atoms with Crippen LogP contribution in [0.25, 0.3) is 0 Å². The summed E-state index contributed by atoms with van der Waals surface area (Å²) in [6.45, 7) is 2.42. The zero-order valence-electron chi connectivity index (χ0n) is 17.2. The molecule has 1 aromatic heterocycles. The fraction of sp³-hybridized carbons (Fsp3) is 0.381. The van der Waals surface area contributed by atoms with Gasteiger partial charge in [0.05, 0.1) is 17.1 Å². The van der Waals surface area contributed by atoms with Gasteiger partial charge in [0.1, 0.15) is 12.4 Å². The fourth-order valence-corrected chi connectivity index (χ4v) is 5.33. The van der Waals surface area contributed by atoms with Crippen molar-refractivity contribution >= 4 is 27.5 Å². The van der Waals surface area contributed by atoms with E-state index in [-0.39, 0.29) is 35.8 Å². The molecule has 10 heteroatoms. The molecule has 164 valence electrons. The molecular weight excluding hydrogens is 420 g/mol. The number of carbonyl (C=O) groups excluding carboxylic acids is 2. The van der Waals surface area contributed by atoms with Crippen LogP contribution >= 0.6 is 0 Å².